The van der Waals surface area contributed by atoms with Crippen LogP contribution in [-0.4, -0.2) is 90.8 Å². The molecular weight excluding hydrogens is 831 g/mol. The first kappa shape index (κ1) is 45.1. The summed E-state index contributed by atoms with van der Waals surface area (Å²) in [4.78, 5) is 3.37. The van der Waals surface area contributed by atoms with Gasteiger partial charge in [0.1, 0.15) is 11.9 Å². The van der Waals surface area contributed by atoms with Gasteiger partial charge in [0.25, 0.3) is 0 Å². The third-order valence-electron chi connectivity index (χ3n) is 16.8. The summed E-state index contributed by atoms with van der Waals surface area (Å²) >= 11 is 0. The molecule has 2 saturated carbocycles. The third-order valence-corrected chi connectivity index (χ3v) is 19.2. The van der Waals surface area contributed by atoms with E-state index in [0.29, 0.717) is 43.1 Å². The van der Waals surface area contributed by atoms with E-state index in [2.05, 4.69) is 54.2 Å². The highest BCUT2D eigenvalue weighted by atomic mass is 33.1. The number of nitrogens with two attached hydrogens (primary N) is 1. The van der Waals surface area contributed by atoms with Crippen LogP contribution < -0.4 is 15.8 Å². The van der Waals surface area contributed by atoms with Gasteiger partial charge < -0.3 is 51.4 Å². The Kier molecular flexibility index (Phi) is 13.4. The van der Waals surface area contributed by atoms with E-state index in [-0.39, 0.29) is 64.6 Å². The maximum Gasteiger partial charge on any atom is 0.161 e. The van der Waals surface area contributed by atoms with E-state index in [1.807, 2.05) is 24.4 Å². The lowest BCUT2D eigenvalue weighted by Gasteiger charge is -2.46. The number of dihydropyridines is 1. The number of H-pyrrole nitrogens is 1. The van der Waals surface area contributed by atoms with Gasteiger partial charge in [-0.05, 0) is 141 Å². The Bertz CT molecular complexity index is 2130. The van der Waals surface area contributed by atoms with Gasteiger partial charge in [-0.1, -0.05) is 71.4 Å². The molecule has 10 nitrogen and oxygen atoms in total. The van der Waals surface area contributed by atoms with Crippen molar-refractivity contribution < 1.29 is 35.4 Å². The third kappa shape index (κ3) is 8.51. The number of phenolic OH excluding ortho intramolecular Hbond substituents is 1. The van der Waals surface area contributed by atoms with E-state index in [1.165, 1.54) is 5.57 Å². The van der Waals surface area contributed by atoms with E-state index in [0.717, 1.165) is 92.2 Å². The van der Waals surface area contributed by atoms with Gasteiger partial charge in [0.15, 0.2) is 11.5 Å². The van der Waals surface area contributed by atoms with E-state index < -0.39 is 36.3 Å². The number of aliphatic hydroxyl groups excluding tert-OH is 5. The summed E-state index contributed by atoms with van der Waals surface area (Å²) in [6.45, 7) is 4.84. The van der Waals surface area contributed by atoms with Gasteiger partial charge in [-0.2, -0.15) is 0 Å². The van der Waals surface area contributed by atoms with Crippen molar-refractivity contribution in [3.05, 3.63) is 82.0 Å². The SMILES string of the molecule is CC[C@H]1Cc2cc(O)c(O[C@H]3C[C@@H](Cc4ccc[nH]4)C4=CCNC(N)=C4CSSC[C@H](CO)[C@@H]3O)cc2[C@H]2C[C@@H](O)[C@H]3[C@@H](O)[C@H]4CCC[C@@](CC)(C#C[C@@H]3C=C12)[C@@]1(CC[C@@H](O)C1)C4. The number of phenols is 1. The zero-order valence-corrected chi connectivity index (χ0v) is 38.6. The second-order valence-corrected chi connectivity index (χ2v) is 22.6. The quantitative estimate of drug-likeness (QED) is 0.0804. The molecule has 0 radical (unpaired) electrons. The Balaban J connectivity index is 1.09. The average molecular weight is 900 g/mol. The minimum absolute atomic E-state index is 0.00584. The lowest BCUT2D eigenvalue weighted by atomic mass is 9.57. The summed E-state index contributed by atoms with van der Waals surface area (Å²) in [5.74, 6) is 8.47. The molecule has 14 atom stereocenters. The smallest absolute Gasteiger partial charge is 0.161 e. The molecule has 2 aromatic rings. The topological polar surface area (TPSA) is 184 Å². The van der Waals surface area contributed by atoms with Crippen molar-refractivity contribution >= 4 is 21.6 Å². The van der Waals surface area contributed by atoms with Crippen molar-refractivity contribution in [3.63, 3.8) is 0 Å². The van der Waals surface area contributed by atoms with Crippen molar-refractivity contribution in [2.45, 2.75) is 134 Å². The summed E-state index contributed by atoms with van der Waals surface area (Å²) in [7, 11) is 3.27. The molecule has 1 saturated heterocycles. The Morgan fingerprint density at radius 2 is 1.87 bits per heavy atom. The first-order valence-electron chi connectivity index (χ1n) is 23.9. The number of benzene rings is 1. The largest absolute Gasteiger partial charge is 0.504 e. The second kappa shape index (κ2) is 18.7. The van der Waals surface area contributed by atoms with Crippen molar-refractivity contribution in [1.82, 2.24) is 10.3 Å². The Morgan fingerprint density at radius 3 is 2.62 bits per heavy atom. The van der Waals surface area contributed by atoms with Gasteiger partial charge in [0, 0.05) is 71.2 Å². The van der Waals surface area contributed by atoms with Crippen molar-refractivity contribution in [3.8, 4) is 23.3 Å². The molecule has 1 spiro atoms. The van der Waals surface area contributed by atoms with Gasteiger partial charge in [-0.15, -0.1) is 0 Å². The fourth-order valence-electron chi connectivity index (χ4n) is 13.4. The Labute approximate surface area is 381 Å². The number of rotatable bonds is 7. The first-order valence-corrected chi connectivity index (χ1v) is 26.3. The Hall–Kier alpha value is -3.02. The van der Waals surface area contributed by atoms with Gasteiger partial charge in [-0.25, -0.2) is 0 Å². The molecule has 342 valence electrons. The summed E-state index contributed by atoms with van der Waals surface area (Å²) in [5.41, 5.74) is 12.7. The van der Waals surface area contributed by atoms with Gasteiger partial charge in [-0.3, -0.25) is 0 Å². The van der Waals surface area contributed by atoms with Crippen LogP contribution in [-0.2, 0) is 12.8 Å². The molecule has 12 heteroatoms. The number of fused-ring (bicyclic) bond motifs is 6. The van der Waals surface area contributed by atoms with Crippen LogP contribution in [0.15, 0.2) is 65.2 Å². The molecule has 1 aromatic heterocycles. The van der Waals surface area contributed by atoms with Crippen LogP contribution in [0.3, 0.4) is 0 Å². The predicted molar refractivity (Wildman–Crippen MR) is 251 cm³/mol. The molecule has 9 rings (SSSR count). The van der Waals surface area contributed by atoms with Crippen LogP contribution in [0.4, 0.5) is 0 Å². The summed E-state index contributed by atoms with van der Waals surface area (Å²) in [5, 5.41) is 73.9. The fraction of sp³-hybridized carbons (Fsp3) is 0.647. The molecule has 3 fully saturated rings. The number of allylic oxidation sites excluding steroid dienone is 3. The van der Waals surface area contributed by atoms with E-state index in [1.54, 1.807) is 21.6 Å². The van der Waals surface area contributed by atoms with Crippen LogP contribution >= 0.6 is 21.6 Å². The number of aromatic amines is 1. The number of hydrogen-bond acceptors (Lipinski definition) is 11. The van der Waals surface area contributed by atoms with Gasteiger partial charge >= 0.3 is 0 Å². The lowest BCUT2D eigenvalue weighted by Crippen LogP contribution is -2.43. The maximum atomic E-state index is 12.5. The number of nitrogens with one attached hydrogen (secondary N) is 2. The minimum atomic E-state index is -1.04. The monoisotopic (exact) mass is 899 g/mol. The van der Waals surface area contributed by atoms with Crippen LogP contribution in [0.5, 0.6) is 11.5 Å². The standard InChI is InChI=1S/C51H69N3O7S2/c1-3-29-17-32-20-42(57)44(61-45-21-33(18-35-8-6-15-53-35)37-11-16-54-49(52)41(37)28-63-62-27-34(26-55)47(45)59)23-39(32)40-22-43(58)46-30(19-38(29)40)9-13-50(4-2)12-5-7-31(48(46)60)24-51(50)14-10-36(56)25-51/h6,8,11,15,19-20,23,29-31,33-34,36,40,43,45-48,53-60H,3-5,7,10,12,14,16-18,21-22,24-28,52H2,1-2H3/t29-,30+,31-,33+,34-,36+,40-,43+,45-,46-,47-,48-,50-,51-/m0/s1. The molecule has 1 aromatic carbocycles. The summed E-state index contributed by atoms with van der Waals surface area (Å²) < 4.78 is 6.91. The Morgan fingerprint density at radius 1 is 1.02 bits per heavy atom. The molecule has 3 heterocycles. The molecule has 5 aliphatic carbocycles. The van der Waals surface area contributed by atoms with E-state index >= 15 is 0 Å². The molecule has 10 N–H and O–H groups in total. The molecule has 0 unspecified atom stereocenters. The van der Waals surface area contributed by atoms with Crippen molar-refractivity contribution in [2.75, 3.05) is 24.7 Å². The fourth-order valence-corrected chi connectivity index (χ4v) is 15.9. The average Bonchev–Trinajstić information content (AvgIpc) is 3.86. The second-order valence-electron chi connectivity index (χ2n) is 20.1. The molecule has 0 amide bonds. The normalized spacial score (nSPS) is 39.2. The van der Waals surface area contributed by atoms with Gasteiger partial charge in [0.05, 0.1) is 24.4 Å². The van der Waals surface area contributed by atoms with Crippen LogP contribution in [0.2, 0.25) is 0 Å². The van der Waals surface area contributed by atoms with Crippen molar-refractivity contribution in [2.24, 2.45) is 52.1 Å². The lowest BCUT2D eigenvalue weighted by molar-refractivity contribution is -0.0482. The van der Waals surface area contributed by atoms with Crippen LogP contribution in [0.1, 0.15) is 107 Å². The minimum Gasteiger partial charge on any atom is -0.504 e. The zero-order chi connectivity index (χ0) is 44.0. The molecule has 2 bridgehead atoms. The van der Waals surface area contributed by atoms with Crippen LogP contribution in [0, 0.1) is 58.2 Å². The summed E-state index contributed by atoms with van der Waals surface area (Å²) in [6, 6.07) is 7.82. The zero-order valence-electron chi connectivity index (χ0n) is 37.0. The molecular formula is C51H69N3O7S2. The highest BCUT2D eigenvalue weighted by Gasteiger charge is 2.57. The number of hydrogen-bond donors (Lipinski definition) is 9. The summed E-state index contributed by atoms with van der Waals surface area (Å²) in [6.07, 6.45) is 12.8. The highest BCUT2D eigenvalue weighted by Crippen LogP contribution is 2.62. The molecule has 7 aliphatic rings. The number of aromatic nitrogens is 1. The number of aliphatic hydroxyl groups is 5. The molecule has 63 heavy (non-hydrogen) atoms. The van der Waals surface area contributed by atoms with Crippen molar-refractivity contribution in [1.29, 1.82) is 0 Å². The first-order chi connectivity index (χ1) is 30.5. The van der Waals surface area contributed by atoms with Crippen LogP contribution in [0.25, 0.3) is 0 Å². The molecule has 2 aliphatic heterocycles. The number of aromatic hydroxyl groups is 1. The maximum absolute atomic E-state index is 12.5. The predicted octanol–water partition coefficient (Wildman–Crippen LogP) is 6.87. The van der Waals surface area contributed by atoms with E-state index in [4.69, 9.17) is 10.5 Å². The number of ether oxygens (including phenoxy) is 1. The van der Waals surface area contributed by atoms with Gasteiger partial charge in [0.2, 0.25) is 0 Å². The van der Waals surface area contributed by atoms with E-state index in [9.17, 15) is 30.6 Å². The highest BCUT2D eigenvalue weighted by molar-refractivity contribution is 8.76.